The van der Waals surface area contributed by atoms with E-state index < -0.39 is 17.5 Å². The predicted molar refractivity (Wildman–Crippen MR) is 131 cm³/mol. The molecule has 3 aromatic rings. The van der Waals surface area contributed by atoms with Crippen LogP contribution in [0.15, 0.2) is 30.6 Å². The number of anilines is 3. The van der Waals surface area contributed by atoms with E-state index in [4.69, 9.17) is 9.47 Å². The molecule has 1 fully saturated rings. The van der Waals surface area contributed by atoms with E-state index >= 15 is 0 Å². The van der Waals surface area contributed by atoms with Crippen LogP contribution in [0.2, 0.25) is 0 Å². The molecule has 0 bridgehead atoms. The molecule has 0 aliphatic heterocycles. The van der Waals surface area contributed by atoms with Crippen molar-refractivity contribution >= 4 is 35.0 Å². The number of rotatable bonds is 9. The molecule has 2 heterocycles. The van der Waals surface area contributed by atoms with Gasteiger partial charge in [-0.3, -0.25) is 9.59 Å². The van der Waals surface area contributed by atoms with Crippen molar-refractivity contribution in [2.45, 2.75) is 45.8 Å². The summed E-state index contributed by atoms with van der Waals surface area (Å²) in [5.41, 5.74) is 0.0418. The molecular formula is C24H27N7O6Zn2. The number of nitrogens with zero attached hydrogens (tertiary/aromatic N) is 5. The molecular weight excluding hydrogens is 613 g/mol. The van der Waals surface area contributed by atoms with Crippen LogP contribution in [0.4, 0.5) is 17.2 Å². The van der Waals surface area contributed by atoms with Crippen LogP contribution < -0.4 is 15.4 Å². The number of aromatic carboxylic acids is 1. The SMILES string of the molecule is COc1c(Nc2cc(NC(=O)C3CC3)nnc2C(=O)O)cccc1-c1ncn(CC(=O)OC(C)(C)C)n1.[Zn].[Zn]. The number of amides is 1. The van der Waals surface area contributed by atoms with Crippen LogP contribution in [0, 0.1) is 5.92 Å². The molecule has 1 aromatic carbocycles. The second-order valence-corrected chi connectivity index (χ2v) is 9.42. The van der Waals surface area contributed by atoms with E-state index in [1.807, 2.05) is 0 Å². The fourth-order valence-corrected chi connectivity index (χ4v) is 3.46. The summed E-state index contributed by atoms with van der Waals surface area (Å²) in [7, 11) is 1.45. The van der Waals surface area contributed by atoms with Gasteiger partial charge in [-0.05, 0) is 45.7 Å². The first-order valence-electron chi connectivity index (χ1n) is 11.5. The summed E-state index contributed by atoms with van der Waals surface area (Å²) >= 11 is 0. The third kappa shape index (κ3) is 8.34. The summed E-state index contributed by atoms with van der Waals surface area (Å²) in [6.07, 6.45) is 3.02. The van der Waals surface area contributed by atoms with Gasteiger partial charge in [-0.2, -0.15) is 5.10 Å². The minimum Gasteiger partial charge on any atom is -0.494 e. The van der Waals surface area contributed by atoms with Gasteiger partial charge in [0.25, 0.3) is 0 Å². The molecule has 2 aromatic heterocycles. The fourth-order valence-electron chi connectivity index (χ4n) is 3.46. The van der Waals surface area contributed by atoms with E-state index in [1.165, 1.54) is 24.2 Å². The molecule has 4 rings (SSSR count). The number of carbonyl (C=O) groups excluding carboxylic acids is 2. The zero-order valence-electron chi connectivity index (χ0n) is 22.2. The van der Waals surface area contributed by atoms with E-state index in [1.54, 1.807) is 39.0 Å². The van der Waals surface area contributed by atoms with Crippen LogP contribution in [0.1, 0.15) is 44.1 Å². The molecule has 39 heavy (non-hydrogen) atoms. The smallest absolute Gasteiger partial charge is 0.358 e. The minimum atomic E-state index is -1.30. The maximum atomic E-state index is 12.1. The number of nitrogens with one attached hydrogen (secondary N) is 2. The third-order valence-corrected chi connectivity index (χ3v) is 5.17. The standard InChI is InChI=1S/C24H27N7O6.2Zn/c1-24(2,3)37-18(32)11-31-12-25-21(30-31)14-6-5-7-15(20(14)36-4)26-16-10-17(27-22(33)13-8-9-13)28-29-19(16)23(34)35;;/h5-7,10,12-13H,8-9,11H2,1-4H3,(H,34,35)(H2,26,27,28,33);;. The Kier molecular flexibility index (Phi) is 10.8. The maximum absolute atomic E-state index is 12.1. The average Bonchev–Trinajstić information content (AvgIpc) is 3.57. The van der Waals surface area contributed by atoms with Crippen molar-refractivity contribution in [3.63, 3.8) is 0 Å². The minimum absolute atomic E-state index is 0. The number of esters is 1. The zero-order chi connectivity index (χ0) is 26.7. The normalized spacial score (nSPS) is 12.4. The molecule has 1 saturated carbocycles. The predicted octanol–water partition coefficient (Wildman–Crippen LogP) is 2.87. The first kappa shape index (κ1) is 31.9. The number of carbonyl (C=O) groups is 3. The molecule has 1 aliphatic rings. The van der Waals surface area contributed by atoms with Crippen molar-refractivity contribution in [2.75, 3.05) is 17.7 Å². The van der Waals surface area contributed by atoms with Crippen LogP contribution in [-0.4, -0.2) is 60.6 Å². The number of para-hydroxylation sites is 1. The summed E-state index contributed by atoms with van der Waals surface area (Å²) in [6.45, 7) is 5.21. The summed E-state index contributed by atoms with van der Waals surface area (Å²) in [4.78, 5) is 40.3. The number of carboxylic acids is 1. The topological polar surface area (TPSA) is 170 Å². The van der Waals surface area contributed by atoms with Crippen molar-refractivity contribution in [3.05, 3.63) is 36.3 Å². The molecule has 0 unspecified atom stereocenters. The van der Waals surface area contributed by atoms with Crippen LogP contribution in [0.3, 0.4) is 0 Å². The number of hydrogen-bond donors (Lipinski definition) is 3. The van der Waals surface area contributed by atoms with E-state index in [2.05, 4.69) is 30.9 Å². The molecule has 3 N–H and O–H groups in total. The number of methoxy groups -OCH3 is 1. The van der Waals surface area contributed by atoms with Gasteiger partial charge >= 0.3 is 11.9 Å². The summed E-state index contributed by atoms with van der Waals surface area (Å²) < 4.78 is 12.3. The van der Waals surface area contributed by atoms with E-state index in [-0.39, 0.29) is 80.3 Å². The van der Waals surface area contributed by atoms with Crippen LogP contribution in [-0.2, 0) is 59.8 Å². The van der Waals surface area contributed by atoms with Gasteiger partial charge in [0.15, 0.2) is 23.1 Å². The van der Waals surface area contributed by atoms with Gasteiger partial charge in [0, 0.05) is 50.9 Å². The third-order valence-electron chi connectivity index (χ3n) is 5.17. The van der Waals surface area contributed by atoms with Crippen molar-refractivity contribution in [2.24, 2.45) is 5.92 Å². The summed E-state index contributed by atoms with van der Waals surface area (Å²) in [5.74, 6) is -1.26. The maximum Gasteiger partial charge on any atom is 0.358 e. The van der Waals surface area contributed by atoms with Crippen molar-refractivity contribution in [1.82, 2.24) is 25.0 Å². The van der Waals surface area contributed by atoms with Gasteiger partial charge in [-0.1, -0.05) is 6.07 Å². The number of ether oxygens (including phenoxy) is 2. The summed E-state index contributed by atoms with van der Waals surface area (Å²) in [6, 6.07) is 6.51. The Labute approximate surface area is 250 Å². The quantitative estimate of drug-likeness (QED) is 0.232. The Bertz CT molecular complexity index is 1350. The first-order valence-corrected chi connectivity index (χ1v) is 11.5. The number of hydrogen-bond acceptors (Lipinski definition) is 10. The molecule has 0 saturated heterocycles. The van der Waals surface area contributed by atoms with Crippen molar-refractivity contribution in [3.8, 4) is 17.1 Å². The number of benzene rings is 1. The van der Waals surface area contributed by atoms with Gasteiger partial charge in [0.2, 0.25) is 5.91 Å². The van der Waals surface area contributed by atoms with E-state index in [0.717, 1.165) is 12.8 Å². The Hall–Kier alpha value is -3.30. The van der Waals surface area contributed by atoms with Gasteiger partial charge < -0.3 is 25.2 Å². The van der Waals surface area contributed by atoms with Crippen LogP contribution in [0.25, 0.3) is 11.4 Å². The fraction of sp³-hybridized carbons (Fsp3) is 0.375. The monoisotopic (exact) mass is 637 g/mol. The second kappa shape index (κ2) is 13.2. The molecule has 15 heteroatoms. The van der Waals surface area contributed by atoms with E-state index in [0.29, 0.717) is 17.0 Å². The van der Waals surface area contributed by atoms with Gasteiger partial charge in [-0.15, -0.1) is 10.2 Å². The molecule has 1 aliphatic carbocycles. The van der Waals surface area contributed by atoms with Gasteiger partial charge in [0.1, 0.15) is 18.5 Å². The Balaban J connectivity index is 0.00000267. The largest absolute Gasteiger partial charge is 0.494 e. The van der Waals surface area contributed by atoms with E-state index in [9.17, 15) is 19.5 Å². The van der Waals surface area contributed by atoms with Crippen LogP contribution >= 0.6 is 0 Å². The molecule has 0 radical (unpaired) electrons. The van der Waals surface area contributed by atoms with Crippen LogP contribution in [0.5, 0.6) is 5.75 Å². The average molecular weight is 640 g/mol. The van der Waals surface area contributed by atoms with Crippen molar-refractivity contribution < 1.29 is 67.9 Å². The van der Waals surface area contributed by atoms with Gasteiger partial charge in [0.05, 0.1) is 24.0 Å². The molecule has 0 atom stereocenters. The molecule has 1 amide bonds. The first-order chi connectivity index (χ1) is 17.5. The molecule has 13 nitrogen and oxygen atoms in total. The zero-order valence-corrected chi connectivity index (χ0v) is 28.2. The molecule has 0 spiro atoms. The Morgan fingerprint density at radius 1 is 1.13 bits per heavy atom. The summed E-state index contributed by atoms with van der Waals surface area (Å²) in [5, 5.41) is 27.2. The Morgan fingerprint density at radius 2 is 1.85 bits per heavy atom. The number of carboxylic acid groups (broad SMARTS) is 1. The van der Waals surface area contributed by atoms with Gasteiger partial charge in [-0.25, -0.2) is 14.5 Å². The van der Waals surface area contributed by atoms with Crippen molar-refractivity contribution in [1.29, 1.82) is 0 Å². The number of aromatic nitrogens is 5. The molecule has 198 valence electrons. The second-order valence-electron chi connectivity index (χ2n) is 9.42. The Morgan fingerprint density at radius 3 is 2.46 bits per heavy atom.